The topological polar surface area (TPSA) is 106 Å². The van der Waals surface area contributed by atoms with Gasteiger partial charge < -0.3 is 15.5 Å². The van der Waals surface area contributed by atoms with E-state index in [1.54, 1.807) is 6.92 Å². The maximum absolute atomic E-state index is 13.5. The molecule has 0 bridgehead atoms. The molecule has 3 amide bonds. The standard InChI is InChI=1S/C32H41N5O3/c1-2-30(38)35-29(20-25-12-14-28(15-13-25)34-31(39)21-24-8-4-3-5-9-24)32(40)37-18-16-36(17-19-37)23-27-11-7-6-10-26(27)22-33/h6-7,10-15,24,29H,2-5,8-9,16-21,23H2,1H3,(H,34,39)(H,35,38)/t29-/m1/s1. The summed E-state index contributed by atoms with van der Waals surface area (Å²) in [5, 5.41) is 15.3. The molecule has 1 aliphatic carbocycles. The van der Waals surface area contributed by atoms with Gasteiger partial charge in [-0.05, 0) is 48.1 Å². The van der Waals surface area contributed by atoms with E-state index in [9.17, 15) is 19.6 Å². The molecule has 2 aromatic rings. The monoisotopic (exact) mass is 543 g/mol. The molecule has 2 aliphatic rings. The van der Waals surface area contributed by atoms with Crippen molar-refractivity contribution < 1.29 is 14.4 Å². The van der Waals surface area contributed by atoms with E-state index in [2.05, 4.69) is 21.6 Å². The lowest BCUT2D eigenvalue weighted by atomic mass is 9.87. The molecule has 0 unspecified atom stereocenters. The van der Waals surface area contributed by atoms with Crippen LogP contribution in [0.15, 0.2) is 48.5 Å². The van der Waals surface area contributed by atoms with Crippen LogP contribution in [0.4, 0.5) is 5.69 Å². The molecular formula is C32H41N5O3. The first kappa shape index (κ1) is 29.3. The predicted octanol–water partition coefficient (Wildman–Crippen LogP) is 4.25. The van der Waals surface area contributed by atoms with Crippen LogP contribution < -0.4 is 10.6 Å². The van der Waals surface area contributed by atoms with Gasteiger partial charge in [0.1, 0.15) is 6.04 Å². The fourth-order valence-corrected chi connectivity index (χ4v) is 5.68. The second-order valence-corrected chi connectivity index (χ2v) is 11.0. The third kappa shape index (κ3) is 8.40. The molecule has 212 valence electrons. The molecule has 1 saturated heterocycles. The van der Waals surface area contributed by atoms with E-state index < -0.39 is 6.04 Å². The number of nitrogens with zero attached hydrogens (tertiary/aromatic N) is 3. The summed E-state index contributed by atoms with van der Waals surface area (Å²) >= 11 is 0. The summed E-state index contributed by atoms with van der Waals surface area (Å²) < 4.78 is 0. The third-order valence-corrected chi connectivity index (χ3v) is 8.05. The average molecular weight is 544 g/mol. The van der Waals surface area contributed by atoms with Gasteiger partial charge in [0.05, 0.1) is 11.6 Å². The minimum absolute atomic E-state index is 0.0539. The molecular weight excluding hydrogens is 502 g/mol. The highest BCUT2D eigenvalue weighted by molar-refractivity contribution is 5.91. The number of hydrogen-bond donors (Lipinski definition) is 2. The lowest BCUT2D eigenvalue weighted by Crippen LogP contribution is -2.55. The summed E-state index contributed by atoms with van der Waals surface area (Å²) in [5.74, 6) is 0.302. The number of piperazine rings is 1. The lowest BCUT2D eigenvalue weighted by Gasteiger charge is -2.36. The molecule has 2 aromatic carbocycles. The Labute approximate surface area is 237 Å². The van der Waals surface area contributed by atoms with Crippen molar-refractivity contribution >= 4 is 23.4 Å². The summed E-state index contributed by atoms with van der Waals surface area (Å²) in [6, 6.07) is 16.8. The Morgan fingerprint density at radius 2 is 1.65 bits per heavy atom. The molecule has 2 fully saturated rings. The van der Waals surface area contributed by atoms with Crippen LogP contribution in [0.1, 0.15) is 68.6 Å². The first-order valence-electron chi connectivity index (χ1n) is 14.6. The van der Waals surface area contributed by atoms with Crippen molar-refractivity contribution in [2.45, 2.75) is 70.9 Å². The van der Waals surface area contributed by atoms with Gasteiger partial charge in [0, 0.05) is 57.7 Å². The molecule has 1 aliphatic heterocycles. The van der Waals surface area contributed by atoms with Gasteiger partial charge in [-0.15, -0.1) is 0 Å². The van der Waals surface area contributed by atoms with Gasteiger partial charge in [0.25, 0.3) is 0 Å². The zero-order chi connectivity index (χ0) is 28.3. The second-order valence-electron chi connectivity index (χ2n) is 11.0. The van der Waals surface area contributed by atoms with Crippen molar-refractivity contribution in [3.05, 3.63) is 65.2 Å². The summed E-state index contributed by atoms with van der Waals surface area (Å²) in [4.78, 5) is 42.4. The Morgan fingerprint density at radius 3 is 2.33 bits per heavy atom. The van der Waals surface area contributed by atoms with Crippen molar-refractivity contribution in [1.29, 1.82) is 5.26 Å². The lowest BCUT2D eigenvalue weighted by molar-refractivity contribution is -0.138. The van der Waals surface area contributed by atoms with Gasteiger partial charge >= 0.3 is 0 Å². The summed E-state index contributed by atoms with van der Waals surface area (Å²) in [6.45, 7) is 4.99. The second kappa shape index (κ2) is 14.6. The first-order chi connectivity index (χ1) is 19.4. The maximum Gasteiger partial charge on any atom is 0.245 e. The van der Waals surface area contributed by atoms with Crippen LogP contribution in [0.5, 0.6) is 0 Å². The van der Waals surface area contributed by atoms with Crippen LogP contribution in [-0.4, -0.2) is 59.7 Å². The smallest absolute Gasteiger partial charge is 0.245 e. The summed E-state index contributed by atoms with van der Waals surface area (Å²) in [6.07, 6.45) is 7.24. The molecule has 2 N–H and O–H groups in total. The number of amides is 3. The minimum atomic E-state index is -0.648. The number of benzene rings is 2. The van der Waals surface area contributed by atoms with Crippen molar-refractivity contribution in [1.82, 2.24) is 15.1 Å². The van der Waals surface area contributed by atoms with Crippen molar-refractivity contribution in [2.24, 2.45) is 5.92 Å². The zero-order valence-corrected chi connectivity index (χ0v) is 23.5. The highest BCUT2D eigenvalue weighted by Crippen LogP contribution is 2.26. The molecule has 8 heteroatoms. The zero-order valence-electron chi connectivity index (χ0n) is 23.5. The number of nitriles is 1. The highest BCUT2D eigenvalue weighted by atomic mass is 16.2. The average Bonchev–Trinajstić information content (AvgIpc) is 2.98. The van der Waals surface area contributed by atoms with Crippen LogP contribution >= 0.6 is 0 Å². The number of rotatable bonds is 10. The Balaban J connectivity index is 1.32. The summed E-state index contributed by atoms with van der Waals surface area (Å²) in [7, 11) is 0. The fourth-order valence-electron chi connectivity index (χ4n) is 5.68. The molecule has 1 saturated carbocycles. The van der Waals surface area contributed by atoms with E-state index in [-0.39, 0.29) is 17.7 Å². The molecule has 1 atom stereocenters. The number of nitrogens with one attached hydrogen (secondary N) is 2. The van der Waals surface area contributed by atoms with E-state index >= 15 is 0 Å². The van der Waals surface area contributed by atoms with E-state index in [1.807, 2.05) is 53.4 Å². The van der Waals surface area contributed by atoms with Gasteiger partial charge in [-0.25, -0.2) is 0 Å². The Morgan fingerprint density at radius 1 is 0.950 bits per heavy atom. The van der Waals surface area contributed by atoms with Crippen LogP contribution in [-0.2, 0) is 27.3 Å². The number of hydrogen-bond acceptors (Lipinski definition) is 5. The fraction of sp³-hybridized carbons (Fsp3) is 0.500. The van der Waals surface area contributed by atoms with Crippen molar-refractivity contribution in [3.63, 3.8) is 0 Å². The minimum Gasteiger partial charge on any atom is -0.344 e. The Kier molecular flexibility index (Phi) is 10.7. The van der Waals surface area contributed by atoms with E-state index in [1.165, 1.54) is 19.3 Å². The third-order valence-electron chi connectivity index (χ3n) is 8.05. The molecule has 4 rings (SSSR count). The van der Waals surface area contributed by atoms with Crippen LogP contribution in [0.3, 0.4) is 0 Å². The van der Waals surface area contributed by atoms with E-state index in [0.29, 0.717) is 63.5 Å². The van der Waals surface area contributed by atoms with Crippen molar-refractivity contribution in [2.75, 3.05) is 31.5 Å². The largest absolute Gasteiger partial charge is 0.344 e. The highest BCUT2D eigenvalue weighted by Gasteiger charge is 2.29. The molecule has 0 radical (unpaired) electrons. The Bertz CT molecular complexity index is 1190. The van der Waals surface area contributed by atoms with Gasteiger partial charge in [0.2, 0.25) is 17.7 Å². The quantitative estimate of drug-likeness (QED) is 0.466. The number of carbonyl (C=O) groups excluding carboxylic acids is 3. The number of carbonyl (C=O) groups is 3. The van der Waals surface area contributed by atoms with Gasteiger partial charge in [-0.2, -0.15) is 5.26 Å². The summed E-state index contributed by atoms with van der Waals surface area (Å²) in [5.41, 5.74) is 3.34. The van der Waals surface area contributed by atoms with Crippen LogP contribution in [0.2, 0.25) is 0 Å². The van der Waals surface area contributed by atoms with Crippen LogP contribution in [0.25, 0.3) is 0 Å². The molecule has 40 heavy (non-hydrogen) atoms. The maximum atomic E-state index is 13.5. The van der Waals surface area contributed by atoms with Gasteiger partial charge in [0.15, 0.2) is 0 Å². The SMILES string of the molecule is CCC(=O)N[C@H](Cc1ccc(NC(=O)CC2CCCCC2)cc1)C(=O)N1CCN(Cc2ccccc2C#N)CC1. The number of anilines is 1. The Hall–Kier alpha value is -3.70. The predicted molar refractivity (Wildman–Crippen MR) is 155 cm³/mol. The van der Waals surface area contributed by atoms with Gasteiger partial charge in [-0.1, -0.05) is 56.5 Å². The van der Waals surface area contributed by atoms with Crippen molar-refractivity contribution in [3.8, 4) is 6.07 Å². The molecule has 0 spiro atoms. The van der Waals surface area contributed by atoms with E-state index in [0.717, 1.165) is 29.7 Å². The molecule has 0 aromatic heterocycles. The molecule has 8 nitrogen and oxygen atoms in total. The molecule has 1 heterocycles. The van der Waals surface area contributed by atoms with Crippen LogP contribution in [0, 0.1) is 17.2 Å². The first-order valence-corrected chi connectivity index (χ1v) is 14.6. The normalized spacial score (nSPS) is 17.1. The van der Waals surface area contributed by atoms with Gasteiger partial charge in [-0.3, -0.25) is 19.3 Å². The van der Waals surface area contributed by atoms with E-state index in [4.69, 9.17) is 0 Å².